The van der Waals surface area contributed by atoms with E-state index in [-0.39, 0.29) is 40.4 Å². The Morgan fingerprint density at radius 2 is 1.53 bits per heavy atom. The first-order valence-corrected chi connectivity index (χ1v) is 11.9. The minimum atomic E-state index is -1.56. The Morgan fingerprint density at radius 1 is 0.868 bits per heavy atom. The SMILES string of the molecule is Cc1cc(CC2O[C@H](CO)[C@@H](OC(=O)c3ccccc3)[C@H](O)[C@H]2O)cc(O)c1C(=O)c1cc(O)cc(O)c1. The molecule has 6 N–H and O–H groups in total. The predicted octanol–water partition coefficient (Wildman–Crippen LogP) is 1.59. The average Bonchev–Trinajstić information content (AvgIpc) is 2.87. The summed E-state index contributed by atoms with van der Waals surface area (Å²) in [4.78, 5) is 25.4. The van der Waals surface area contributed by atoms with Crippen LogP contribution in [0.25, 0.3) is 0 Å². The van der Waals surface area contributed by atoms with Crippen molar-refractivity contribution < 1.29 is 49.7 Å². The molecule has 0 aliphatic carbocycles. The van der Waals surface area contributed by atoms with Crippen LogP contribution in [0.15, 0.2) is 60.7 Å². The third kappa shape index (κ3) is 5.63. The van der Waals surface area contributed by atoms with E-state index < -0.39 is 48.9 Å². The molecule has 1 saturated heterocycles. The van der Waals surface area contributed by atoms with Gasteiger partial charge >= 0.3 is 5.97 Å². The molecule has 0 saturated carbocycles. The first kappa shape index (κ1) is 27.1. The molecule has 10 heteroatoms. The van der Waals surface area contributed by atoms with Crippen LogP contribution in [-0.2, 0) is 15.9 Å². The Morgan fingerprint density at radius 3 is 2.13 bits per heavy atom. The standard InChI is InChI=1S/C28H28O10/c1-14-7-15(8-20(32)23(14)24(33)17-10-18(30)12-19(31)11-17)9-21-25(34)26(35)27(22(13-29)37-21)38-28(36)16-5-3-2-4-6-16/h2-8,10-12,21-22,25-27,29-32,34-35H,9,13H2,1H3/t21?,22-,25+,26-,27-/m1/s1. The first-order chi connectivity index (χ1) is 18.1. The van der Waals surface area contributed by atoms with Crippen molar-refractivity contribution in [2.45, 2.75) is 43.9 Å². The molecular weight excluding hydrogens is 496 g/mol. The molecule has 1 fully saturated rings. The number of hydrogen-bond donors (Lipinski definition) is 6. The van der Waals surface area contributed by atoms with Gasteiger partial charge in [0.25, 0.3) is 0 Å². The minimum absolute atomic E-state index is 0.0101. The quantitative estimate of drug-likeness (QED) is 0.197. The largest absolute Gasteiger partial charge is 0.508 e. The second kappa shape index (κ2) is 11.2. The van der Waals surface area contributed by atoms with Gasteiger partial charge in [-0.15, -0.1) is 0 Å². The molecule has 4 rings (SSSR count). The maximum atomic E-state index is 12.9. The minimum Gasteiger partial charge on any atom is -0.508 e. The Bertz CT molecular complexity index is 1280. The zero-order valence-corrected chi connectivity index (χ0v) is 20.4. The summed E-state index contributed by atoms with van der Waals surface area (Å²) in [6.45, 7) is 0.989. The fraction of sp³-hybridized carbons (Fsp3) is 0.286. The zero-order chi connectivity index (χ0) is 27.6. The molecule has 0 radical (unpaired) electrons. The summed E-state index contributed by atoms with van der Waals surface area (Å²) in [6.07, 6.45) is -6.55. The van der Waals surface area contributed by atoms with Gasteiger partial charge in [0.1, 0.15) is 35.6 Å². The maximum Gasteiger partial charge on any atom is 0.338 e. The highest BCUT2D eigenvalue weighted by Crippen LogP contribution is 2.32. The van der Waals surface area contributed by atoms with Gasteiger partial charge in [-0.3, -0.25) is 4.79 Å². The van der Waals surface area contributed by atoms with Crippen LogP contribution >= 0.6 is 0 Å². The number of ether oxygens (including phenoxy) is 2. The number of benzene rings is 3. The average molecular weight is 525 g/mol. The van der Waals surface area contributed by atoms with Crippen LogP contribution in [0.4, 0.5) is 0 Å². The Balaban J connectivity index is 1.51. The van der Waals surface area contributed by atoms with Crippen molar-refractivity contribution >= 4 is 11.8 Å². The summed E-state index contributed by atoms with van der Waals surface area (Å²) < 4.78 is 11.1. The van der Waals surface area contributed by atoms with E-state index in [0.29, 0.717) is 11.1 Å². The number of phenolic OH excluding ortho intramolecular Hbond substituents is 3. The number of rotatable bonds is 7. The highest BCUT2D eigenvalue weighted by molar-refractivity contribution is 6.12. The molecule has 5 atom stereocenters. The van der Waals surface area contributed by atoms with Crippen LogP contribution in [0.1, 0.15) is 37.4 Å². The van der Waals surface area contributed by atoms with E-state index in [9.17, 15) is 40.2 Å². The van der Waals surface area contributed by atoms with Gasteiger partial charge in [-0.1, -0.05) is 24.3 Å². The van der Waals surface area contributed by atoms with Crippen LogP contribution in [-0.4, -0.2) is 79.5 Å². The number of esters is 1. The fourth-order valence-electron chi connectivity index (χ4n) is 4.60. The van der Waals surface area contributed by atoms with E-state index >= 15 is 0 Å². The smallest absolute Gasteiger partial charge is 0.338 e. The Labute approximate surface area is 218 Å². The van der Waals surface area contributed by atoms with Gasteiger partial charge in [-0.2, -0.15) is 0 Å². The van der Waals surface area contributed by atoms with Crippen LogP contribution in [0, 0.1) is 6.92 Å². The van der Waals surface area contributed by atoms with E-state index in [1.165, 1.54) is 30.3 Å². The first-order valence-electron chi connectivity index (χ1n) is 11.9. The second-order valence-electron chi connectivity index (χ2n) is 9.19. The lowest BCUT2D eigenvalue weighted by Gasteiger charge is -2.41. The highest BCUT2D eigenvalue weighted by Gasteiger charge is 2.46. The molecule has 38 heavy (non-hydrogen) atoms. The highest BCUT2D eigenvalue weighted by atomic mass is 16.6. The predicted molar refractivity (Wildman–Crippen MR) is 133 cm³/mol. The van der Waals surface area contributed by atoms with E-state index in [1.54, 1.807) is 31.2 Å². The molecule has 1 aliphatic heterocycles. The number of carbonyl (C=O) groups excluding carboxylic acids is 2. The number of aliphatic hydroxyl groups excluding tert-OH is 3. The number of aryl methyl sites for hydroxylation is 1. The molecule has 200 valence electrons. The number of phenols is 3. The van der Waals surface area contributed by atoms with Gasteiger partial charge in [0, 0.05) is 18.1 Å². The summed E-state index contributed by atoms with van der Waals surface area (Å²) in [5, 5.41) is 61.3. The normalized spacial score (nSPS) is 23.1. The molecule has 10 nitrogen and oxygen atoms in total. The molecule has 0 bridgehead atoms. The molecular formula is C28H28O10. The van der Waals surface area contributed by atoms with Crippen LogP contribution < -0.4 is 0 Å². The van der Waals surface area contributed by atoms with Gasteiger partial charge in [-0.25, -0.2) is 4.79 Å². The van der Waals surface area contributed by atoms with E-state index in [1.807, 2.05) is 0 Å². The number of aromatic hydroxyl groups is 3. The second-order valence-corrected chi connectivity index (χ2v) is 9.19. The van der Waals surface area contributed by atoms with E-state index in [0.717, 1.165) is 6.07 Å². The van der Waals surface area contributed by atoms with Crippen LogP contribution in [0.3, 0.4) is 0 Å². The molecule has 3 aromatic rings. The number of carbonyl (C=O) groups is 2. The fourth-order valence-corrected chi connectivity index (χ4v) is 4.60. The molecule has 1 unspecified atom stereocenters. The maximum absolute atomic E-state index is 12.9. The number of ketones is 1. The van der Waals surface area contributed by atoms with Gasteiger partial charge in [0.2, 0.25) is 0 Å². The zero-order valence-electron chi connectivity index (χ0n) is 20.4. The van der Waals surface area contributed by atoms with Gasteiger partial charge in [-0.05, 0) is 48.4 Å². The van der Waals surface area contributed by atoms with E-state index in [2.05, 4.69) is 0 Å². The molecule has 0 aromatic heterocycles. The third-order valence-corrected chi connectivity index (χ3v) is 6.42. The lowest BCUT2D eigenvalue weighted by molar-refractivity contribution is -0.228. The Kier molecular flexibility index (Phi) is 7.98. The van der Waals surface area contributed by atoms with Crippen molar-refractivity contribution in [2.75, 3.05) is 6.61 Å². The van der Waals surface area contributed by atoms with Gasteiger partial charge < -0.3 is 40.1 Å². The monoisotopic (exact) mass is 524 g/mol. The number of aliphatic hydroxyl groups is 3. The number of hydrogen-bond acceptors (Lipinski definition) is 10. The molecule has 0 amide bonds. The topological polar surface area (TPSA) is 174 Å². The lowest BCUT2D eigenvalue weighted by atomic mass is 9.89. The summed E-state index contributed by atoms with van der Waals surface area (Å²) in [6, 6.07) is 14.4. The molecule has 0 spiro atoms. The van der Waals surface area contributed by atoms with Crippen molar-refractivity contribution in [2.24, 2.45) is 0 Å². The summed E-state index contributed by atoms with van der Waals surface area (Å²) >= 11 is 0. The van der Waals surface area contributed by atoms with Crippen molar-refractivity contribution in [3.8, 4) is 17.2 Å². The third-order valence-electron chi connectivity index (χ3n) is 6.42. The van der Waals surface area contributed by atoms with Crippen LogP contribution in [0.5, 0.6) is 17.2 Å². The lowest BCUT2D eigenvalue weighted by Crippen LogP contribution is -2.60. The molecule has 3 aromatic carbocycles. The van der Waals surface area contributed by atoms with E-state index in [4.69, 9.17) is 9.47 Å². The molecule has 1 aliphatic rings. The van der Waals surface area contributed by atoms with Gasteiger partial charge in [0.15, 0.2) is 11.9 Å². The Hall–Kier alpha value is -3.96. The van der Waals surface area contributed by atoms with Crippen LogP contribution in [0.2, 0.25) is 0 Å². The summed E-state index contributed by atoms with van der Waals surface area (Å²) in [5.41, 5.74) is 1.01. The molecule has 1 heterocycles. The van der Waals surface area contributed by atoms with Gasteiger partial charge in [0.05, 0.1) is 23.8 Å². The van der Waals surface area contributed by atoms with Crippen molar-refractivity contribution in [1.29, 1.82) is 0 Å². The summed E-state index contributed by atoms with van der Waals surface area (Å²) in [5.74, 6) is -2.36. The van der Waals surface area contributed by atoms with Crippen molar-refractivity contribution in [1.82, 2.24) is 0 Å². The summed E-state index contributed by atoms with van der Waals surface area (Å²) in [7, 11) is 0. The van der Waals surface area contributed by atoms with Crippen molar-refractivity contribution in [3.05, 3.63) is 88.5 Å². The van der Waals surface area contributed by atoms with Crippen molar-refractivity contribution in [3.63, 3.8) is 0 Å².